The monoisotopic (exact) mass is 269 g/mol. The molecule has 0 unspecified atom stereocenters. The van der Waals surface area contributed by atoms with Crippen molar-refractivity contribution in [2.24, 2.45) is 0 Å². The van der Waals surface area contributed by atoms with E-state index in [2.05, 4.69) is 13.2 Å². The standard InChI is InChI=1S/C16H15NO3/c1-11(6-7-12(2)17(19)20)13-8-9-15-14(10-13)4-3-5-16(15)18/h6-10H,1-5H2/b7-6-. The number of nitrogens with zero attached hydrogens (tertiary/aromatic N) is 1. The first-order valence-electron chi connectivity index (χ1n) is 6.36. The second-order valence-electron chi connectivity index (χ2n) is 4.76. The maximum absolute atomic E-state index is 11.7. The number of carbonyl (C=O) groups excluding carboxylic acids is 1. The Kier molecular flexibility index (Phi) is 3.94. The first kappa shape index (κ1) is 13.9. The van der Waals surface area contributed by atoms with Crippen LogP contribution in [0, 0.1) is 10.1 Å². The van der Waals surface area contributed by atoms with Crippen molar-refractivity contribution in [3.8, 4) is 0 Å². The lowest BCUT2D eigenvalue weighted by Crippen LogP contribution is -2.10. The van der Waals surface area contributed by atoms with Crippen LogP contribution in [0.4, 0.5) is 0 Å². The molecule has 20 heavy (non-hydrogen) atoms. The molecule has 0 aliphatic heterocycles. The second kappa shape index (κ2) is 5.65. The summed E-state index contributed by atoms with van der Waals surface area (Å²) < 4.78 is 0. The van der Waals surface area contributed by atoms with Crippen LogP contribution in [0.3, 0.4) is 0 Å². The number of hydrogen-bond donors (Lipinski definition) is 0. The molecule has 0 atom stereocenters. The van der Waals surface area contributed by atoms with Crippen LogP contribution in [0.1, 0.15) is 34.3 Å². The van der Waals surface area contributed by atoms with Gasteiger partial charge in [-0.1, -0.05) is 24.8 Å². The highest BCUT2D eigenvalue weighted by Gasteiger charge is 2.17. The fourth-order valence-corrected chi connectivity index (χ4v) is 2.20. The maximum atomic E-state index is 11.7. The van der Waals surface area contributed by atoms with Crippen molar-refractivity contribution in [3.63, 3.8) is 0 Å². The number of benzene rings is 1. The van der Waals surface area contributed by atoms with Crippen molar-refractivity contribution in [3.05, 3.63) is 76.0 Å². The van der Waals surface area contributed by atoms with Crippen molar-refractivity contribution in [1.29, 1.82) is 0 Å². The van der Waals surface area contributed by atoms with E-state index in [1.165, 1.54) is 6.08 Å². The molecule has 0 saturated heterocycles. The van der Waals surface area contributed by atoms with Crippen LogP contribution in [0.25, 0.3) is 5.57 Å². The first-order valence-corrected chi connectivity index (χ1v) is 6.36. The van der Waals surface area contributed by atoms with Crippen LogP contribution in [0.2, 0.25) is 0 Å². The normalized spacial score (nSPS) is 14.1. The van der Waals surface area contributed by atoms with Gasteiger partial charge in [0.25, 0.3) is 5.70 Å². The molecule has 0 heterocycles. The van der Waals surface area contributed by atoms with E-state index in [1.807, 2.05) is 18.2 Å². The van der Waals surface area contributed by atoms with Crippen LogP contribution in [-0.4, -0.2) is 10.7 Å². The average molecular weight is 269 g/mol. The average Bonchev–Trinajstić information content (AvgIpc) is 2.44. The van der Waals surface area contributed by atoms with Gasteiger partial charge in [0.2, 0.25) is 0 Å². The van der Waals surface area contributed by atoms with Gasteiger partial charge >= 0.3 is 0 Å². The van der Waals surface area contributed by atoms with Gasteiger partial charge in [0, 0.05) is 18.1 Å². The third-order valence-electron chi connectivity index (χ3n) is 3.34. The zero-order chi connectivity index (χ0) is 14.7. The highest BCUT2D eigenvalue weighted by atomic mass is 16.6. The molecule has 1 aromatic rings. The summed E-state index contributed by atoms with van der Waals surface area (Å²) in [5.41, 5.74) is 3.16. The van der Waals surface area contributed by atoms with Gasteiger partial charge in [0.15, 0.2) is 5.78 Å². The molecular weight excluding hydrogens is 254 g/mol. The Hall–Kier alpha value is -2.49. The fourth-order valence-electron chi connectivity index (χ4n) is 2.20. The summed E-state index contributed by atoms with van der Waals surface area (Å²) in [5, 5.41) is 10.5. The molecule has 0 fully saturated rings. The third-order valence-corrected chi connectivity index (χ3v) is 3.34. The molecule has 0 N–H and O–H groups in total. The van der Waals surface area contributed by atoms with E-state index in [9.17, 15) is 14.9 Å². The third kappa shape index (κ3) is 2.91. The molecule has 0 saturated carbocycles. The van der Waals surface area contributed by atoms with Crippen molar-refractivity contribution in [1.82, 2.24) is 0 Å². The van der Waals surface area contributed by atoms with E-state index in [4.69, 9.17) is 0 Å². The molecule has 0 spiro atoms. The van der Waals surface area contributed by atoms with Crippen molar-refractivity contribution < 1.29 is 9.72 Å². The number of aryl methyl sites for hydroxylation is 1. The minimum absolute atomic E-state index is 0.181. The van der Waals surface area contributed by atoms with Crippen molar-refractivity contribution >= 4 is 11.4 Å². The van der Waals surface area contributed by atoms with Gasteiger partial charge in [-0.25, -0.2) is 0 Å². The molecule has 2 rings (SSSR count). The Morgan fingerprint density at radius 1 is 1.25 bits per heavy atom. The van der Waals surface area contributed by atoms with Gasteiger partial charge in [-0.15, -0.1) is 0 Å². The van der Waals surface area contributed by atoms with E-state index in [0.717, 1.165) is 29.5 Å². The Morgan fingerprint density at radius 2 is 2.00 bits per heavy atom. The molecule has 4 nitrogen and oxygen atoms in total. The summed E-state index contributed by atoms with van der Waals surface area (Å²) in [6.45, 7) is 7.22. The molecule has 1 aromatic carbocycles. The predicted molar refractivity (Wildman–Crippen MR) is 78.0 cm³/mol. The van der Waals surface area contributed by atoms with Crippen LogP contribution in [-0.2, 0) is 6.42 Å². The summed E-state index contributed by atoms with van der Waals surface area (Å²) in [6.07, 6.45) is 5.25. The van der Waals surface area contributed by atoms with Gasteiger partial charge in [-0.2, -0.15) is 0 Å². The number of fused-ring (bicyclic) bond motifs is 1. The Labute approximate surface area is 117 Å². The van der Waals surface area contributed by atoms with Crippen molar-refractivity contribution in [2.75, 3.05) is 0 Å². The molecule has 0 amide bonds. The number of rotatable bonds is 4. The van der Waals surface area contributed by atoms with E-state index in [-0.39, 0.29) is 11.5 Å². The first-order chi connectivity index (χ1) is 9.49. The number of allylic oxidation sites excluding steroid dienone is 3. The lowest BCUT2D eigenvalue weighted by Gasteiger charge is -2.15. The Bertz CT molecular complexity index is 641. The minimum atomic E-state index is -0.546. The molecule has 0 aromatic heterocycles. The summed E-state index contributed by atoms with van der Waals surface area (Å²) in [4.78, 5) is 21.7. The van der Waals surface area contributed by atoms with Gasteiger partial charge < -0.3 is 0 Å². The highest BCUT2D eigenvalue weighted by molar-refractivity contribution is 5.98. The zero-order valence-electron chi connectivity index (χ0n) is 11.1. The molecule has 1 aliphatic rings. The second-order valence-corrected chi connectivity index (χ2v) is 4.76. The summed E-state index contributed by atoms with van der Waals surface area (Å²) in [7, 11) is 0. The van der Waals surface area contributed by atoms with Gasteiger partial charge in [0.1, 0.15) is 0 Å². The maximum Gasteiger partial charge on any atom is 0.262 e. The number of ketones is 1. The van der Waals surface area contributed by atoms with E-state index in [0.29, 0.717) is 12.0 Å². The van der Waals surface area contributed by atoms with E-state index in [1.54, 1.807) is 6.08 Å². The lowest BCUT2D eigenvalue weighted by atomic mass is 9.88. The summed E-state index contributed by atoms with van der Waals surface area (Å²) >= 11 is 0. The van der Waals surface area contributed by atoms with E-state index < -0.39 is 4.92 Å². The van der Waals surface area contributed by atoms with Crippen LogP contribution < -0.4 is 0 Å². The number of carbonyl (C=O) groups is 1. The van der Waals surface area contributed by atoms with Gasteiger partial charge in [-0.3, -0.25) is 14.9 Å². The molecule has 1 aliphatic carbocycles. The predicted octanol–water partition coefficient (Wildman–Crippen LogP) is 3.57. The SMILES string of the molecule is C=C(/C=C\C(=C)[N+](=O)[O-])c1ccc2c(c1)CCCC2=O. The summed E-state index contributed by atoms with van der Waals surface area (Å²) in [6, 6.07) is 5.57. The summed E-state index contributed by atoms with van der Waals surface area (Å²) in [5.74, 6) is 0.181. The lowest BCUT2D eigenvalue weighted by molar-refractivity contribution is -0.418. The van der Waals surface area contributed by atoms with Crippen LogP contribution >= 0.6 is 0 Å². The van der Waals surface area contributed by atoms with Gasteiger partial charge in [0.05, 0.1) is 4.92 Å². The molecular formula is C16H15NO3. The molecule has 4 heteroatoms. The Balaban J connectivity index is 2.22. The van der Waals surface area contributed by atoms with Gasteiger partial charge in [-0.05, 0) is 42.2 Å². The van der Waals surface area contributed by atoms with E-state index >= 15 is 0 Å². The smallest absolute Gasteiger partial charge is 0.262 e. The quantitative estimate of drug-likeness (QED) is 0.477. The Morgan fingerprint density at radius 3 is 2.70 bits per heavy atom. The molecule has 0 radical (unpaired) electrons. The largest absolute Gasteiger partial charge is 0.294 e. The zero-order valence-corrected chi connectivity index (χ0v) is 11.1. The van der Waals surface area contributed by atoms with Crippen molar-refractivity contribution in [2.45, 2.75) is 19.3 Å². The minimum Gasteiger partial charge on any atom is -0.294 e. The molecule has 0 bridgehead atoms. The number of Topliss-reactive ketones (excluding diaryl/α,β-unsaturated/α-hetero) is 1. The highest BCUT2D eigenvalue weighted by Crippen LogP contribution is 2.25. The number of nitro groups is 1. The van der Waals surface area contributed by atoms with Crippen LogP contribution in [0.15, 0.2) is 49.2 Å². The topological polar surface area (TPSA) is 60.2 Å². The number of hydrogen-bond acceptors (Lipinski definition) is 3. The van der Waals surface area contributed by atoms with Crippen LogP contribution in [0.5, 0.6) is 0 Å². The fraction of sp³-hybridized carbons (Fsp3) is 0.188. The molecule has 102 valence electrons.